The van der Waals surface area contributed by atoms with Crippen molar-refractivity contribution in [2.75, 3.05) is 5.32 Å². The van der Waals surface area contributed by atoms with Crippen molar-refractivity contribution in [3.63, 3.8) is 0 Å². The Morgan fingerprint density at radius 3 is 2.31 bits per heavy atom. The first-order valence-electron chi connectivity index (χ1n) is 11.8. The molecule has 3 nitrogen and oxygen atoms in total. The second-order valence-corrected chi connectivity index (χ2v) is 14.7. The van der Waals surface area contributed by atoms with Gasteiger partial charge in [-0.15, -0.1) is 5.54 Å². The van der Waals surface area contributed by atoms with Gasteiger partial charge in [-0.25, -0.2) is 4.98 Å². The molecular formula is C31H24N2OSi. The van der Waals surface area contributed by atoms with Crippen LogP contribution in [0.3, 0.4) is 0 Å². The molecule has 6 rings (SSSR count). The molecule has 0 fully saturated rings. The highest BCUT2D eigenvalue weighted by atomic mass is 28.3. The van der Waals surface area contributed by atoms with E-state index in [1.165, 1.54) is 0 Å². The Kier molecular flexibility index (Phi) is 4.84. The number of ketones is 1. The summed E-state index contributed by atoms with van der Waals surface area (Å²) in [4.78, 5) is 19.0. The molecule has 0 aliphatic heterocycles. The summed E-state index contributed by atoms with van der Waals surface area (Å²) in [6, 6.07) is 28.1. The third-order valence-electron chi connectivity index (χ3n) is 6.28. The highest BCUT2D eigenvalue weighted by molar-refractivity contribution is 6.83. The minimum Gasteiger partial charge on any atom is -0.353 e. The zero-order valence-corrected chi connectivity index (χ0v) is 20.9. The Balaban J connectivity index is 1.64. The van der Waals surface area contributed by atoms with Gasteiger partial charge in [-0.05, 0) is 23.6 Å². The lowest BCUT2D eigenvalue weighted by atomic mass is 9.84. The number of anilines is 2. The summed E-state index contributed by atoms with van der Waals surface area (Å²) in [5.41, 5.74) is 9.97. The summed E-state index contributed by atoms with van der Waals surface area (Å²) in [7, 11) is -1.55. The zero-order valence-electron chi connectivity index (χ0n) is 19.9. The van der Waals surface area contributed by atoms with Gasteiger partial charge in [0.15, 0.2) is 5.78 Å². The van der Waals surface area contributed by atoms with Gasteiger partial charge < -0.3 is 5.32 Å². The van der Waals surface area contributed by atoms with Gasteiger partial charge in [0.25, 0.3) is 0 Å². The lowest BCUT2D eigenvalue weighted by Gasteiger charge is -2.23. The van der Waals surface area contributed by atoms with Gasteiger partial charge in [-0.1, -0.05) is 92.3 Å². The predicted molar refractivity (Wildman–Crippen MR) is 148 cm³/mol. The quantitative estimate of drug-likeness (QED) is 0.210. The number of nitrogens with zero attached hydrogens (tertiary/aromatic N) is 1. The number of carbonyl (C=O) groups excluding carboxylic acids is 1. The maximum absolute atomic E-state index is 14.0. The number of hydrogen-bond donors (Lipinski definition) is 1. The Morgan fingerprint density at radius 2 is 1.51 bits per heavy atom. The molecule has 1 aliphatic carbocycles. The molecular weight excluding hydrogens is 444 g/mol. The first kappa shape index (κ1) is 21.3. The first-order valence-corrected chi connectivity index (χ1v) is 15.3. The van der Waals surface area contributed by atoms with Crippen LogP contribution in [-0.4, -0.2) is 18.8 Å². The van der Waals surface area contributed by atoms with E-state index >= 15 is 0 Å². The van der Waals surface area contributed by atoms with Crippen LogP contribution in [0, 0.1) is 11.5 Å². The van der Waals surface area contributed by atoms with Crippen LogP contribution in [0.15, 0.2) is 84.9 Å². The van der Waals surface area contributed by atoms with Crippen molar-refractivity contribution >= 4 is 46.9 Å². The standard InChI is InChI=1S/C31H24N2OSi/c1-35(2,3)19-18-20-10-4-6-16-25(20)32-29-22-13-5-7-17-26(22)33-30-23-14-8-11-21-12-9-15-24(27(21)23)31(34)28(29)30/h4-17H,1-3H3,(H,32,33). The van der Waals surface area contributed by atoms with Crippen LogP contribution in [0.2, 0.25) is 19.6 Å². The number of fused-ring (bicyclic) bond motifs is 3. The number of para-hydroxylation sites is 2. The maximum atomic E-state index is 14.0. The van der Waals surface area contributed by atoms with Gasteiger partial charge in [-0.2, -0.15) is 0 Å². The number of nitrogens with one attached hydrogen (secondary N) is 1. The molecule has 4 aromatic carbocycles. The van der Waals surface area contributed by atoms with Gasteiger partial charge in [0.05, 0.1) is 28.1 Å². The largest absolute Gasteiger partial charge is 0.353 e. The highest BCUT2D eigenvalue weighted by Crippen LogP contribution is 2.44. The molecule has 0 radical (unpaired) electrons. The lowest BCUT2D eigenvalue weighted by molar-refractivity contribution is 0.104. The van der Waals surface area contributed by atoms with E-state index in [0.717, 1.165) is 55.4 Å². The summed E-state index contributed by atoms with van der Waals surface area (Å²) in [6.07, 6.45) is 0. The summed E-state index contributed by atoms with van der Waals surface area (Å²) < 4.78 is 0. The van der Waals surface area contributed by atoms with Crippen LogP contribution in [-0.2, 0) is 0 Å². The summed E-state index contributed by atoms with van der Waals surface area (Å²) >= 11 is 0. The molecule has 1 aliphatic rings. The van der Waals surface area contributed by atoms with E-state index in [4.69, 9.17) is 4.98 Å². The fourth-order valence-corrected chi connectivity index (χ4v) is 5.22. The average molecular weight is 469 g/mol. The smallest absolute Gasteiger partial charge is 0.197 e. The number of hydrogen-bond acceptors (Lipinski definition) is 3. The van der Waals surface area contributed by atoms with Crippen LogP contribution >= 0.6 is 0 Å². The van der Waals surface area contributed by atoms with E-state index in [-0.39, 0.29) is 5.78 Å². The molecule has 0 spiro atoms. The number of rotatable bonds is 2. The molecule has 0 saturated carbocycles. The molecule has 4 heteroatoms. The number of benzene rings is 4. The van der Waals surface area contributed by atoms with Crippen molar-refractivity contribution in [3.8, 4) is 22.7 Å². The third-order valence-corrected chi connectivity index (χ3v) is 7.16. The van der Waals surface area contributed by atoms with E-state index < -0.39 is 8.07 Å². The Labute approximate surface area is 205 Å². The number of carbonyl (C=O) groups is 1. The van der Waals surface area contributed by atoms with Crippen molar-refractivity contribution in [2.45, 2.75) is 19.6 Å². The molecule has 1 aromatic heterocycles. The van der Waals surface area contributed by atoms with Crippen molar-refractivity contribution in [1.29, 1.82) is 0 Å². The fraction of sp³-hybridized carbons (Fsp3) is 0.0968. The summed E-state index contributed by atoms with van der Waals surface area (Å²) in [6.45, 7) is 6.71. The Hall–Kier alpha value is -4.20. The van der Waals surface area contributed by atoms with Crippen LogP contribution in [0.25, 0.3) is 32.9 Å². The Bertz CT molecular complexity index is 1730. The summed E-state index contributed by atoms with van der Waals surface area (Å²) in [5.74, 6) is 3.39. The molecule has 1 heterocycles. The van der Waals surface area contributed by atoms with Crippen molar-refractivity contribution < 1.29 is 4.79 Å². The molecule has 35 heavy (non-hydrogen) atoms. The van der Waals surface area contributed by atoms with Crippen LogP contribution in [0.4, 0.5) is 11.4 Å². The predicted octanol–water partition coefficient (Wildman–Crippen LogP) is 7.57. The van der Waals surface area contributed by atoms with Gasteiger partial charge in [0.2, 0.25) is 0 Å². The van der Waals surface area contributed by atoms with E-state index in [0.29, 0.717) is 5.56 Å². The van der Waals surface area contributed by atoms with Crippen molar-refractivity contribution in [3.05, 3.63) is 102 Å². The topological polar surface area (TPSA) is 42.0 Å². The van der Waals surface area contributed by atoms with E-state index in [1.54, 1.807) is 0 Å². The minimum atomic E-state index is -1.55. The molecule has 0 amide bonds. The monoisotopic (exact) mass is 468 g/mol. The molecule has 0 unspecified atom stereocenters. The highest BCUT2D eigenvalue weighted by Gasteiger charge is 2.30. The molecule has 5 aromatic rings. The van der Waals surface area contributed by atoms with E-state index in [9.17, 15) is 4.79 Å². The third kappa shape index (κ3) is 3.62. The van der Waals surface area contributed by atoms with E-state index in [2.05, 4.69) is 42.5 Å². The van der Waals surface area contributed by atoms with Crippen LogP contribution in [0.5, 0.6) is 0 Å². The molecule has 168 valence electrons. The lowest BCUT2D eigenvalue weighted by Crippen LogP contribution is -2.16. The van der Waals surface area contributed by atoms with Gasteiger partial charge in [0.1, 0.15) is 8.07 Å². The Morgan fingerprint density at radius 1 is 0.800 bits per heavy atom. The van der Waals surface area contributed by atoms with Crippen molar-refractivity contribution in [2.24, 2.45) is 0 Å². The van der Waals surface area contributed by atoms with E-state index in [1.807, 2.05) is 78.9 Å². The van der Waals surface area contributed by atoms with Gasteiger partial charge >= 0.3 is 0 Å². The van der Waals surface area contributed by atoms with Gasteiger partial charge in [-0.3, -0.25) is 4.79 Å². The average Bonchev–Trinajstić information content (AvgIpc) is 2.86. The maximum Gasteiger partial charge on any atom is 0.197 e. The van der Waals surface area contributed by atoms with Gasteiger partial charge in [0, 0.05) is 27.5 Å². The van der Waals surface area contributed by atoms with Crippen LogP contribution in [0.1, 0.15) is 21.5 Å². The molecule has 0 saturated heterocycles. The van der Waals surface area contributed by atoms with Crippen molar-refractivity contribution in [1.82, 2.24) is 4.98 Å². The SMILES string of the molecule is C[Si](C)(C)C#Cc1ccccc1Nc1c2c(nc3ccccc13)-c1cccc3cccc(c13)C2=O. The zero-order chi connectivity index (χ0) is 24.2. The first-order chi connectivity index (χ1) is 16.9. The molecule has 0 bridgehead atoms. The second kappa shape index (κ2) is 7.94. The summed E-state index contributed by atoms with van der Waals surface area (Å²) in [5, 5.41) is 6.57. The second-order valence-electron chi connectivity index (χ2n) is 9.94. The molecule has 1 N–H and O–H groups in total. The van der Waals surface area contributed by atoms with Crippen LogP contribution < -0.4 is 5.32 Å². The normalized spacial score (nSPS) is 12.3. The fourth-order valence-electron chi connectivity index (χ4n) is 4.71. The number of pyridine rings is 1. The minimum absolute atomic E-state index is 0.00397. The number of aromatic nitrogens is 1. The molecule has 0 atom stereocenters.